The molecule has 0 aliphatic carbocycles. The van der Waals surface area contributed by atoms with Gasteiger partial charge in [-0.05, 0) is 67.4 Å². The largest absolute Gasteiger partial charge is 1.00 e. The molecule has 1 unspecified atom stereocenters. The maximum absolute atomic E-state index is 13.5. The van der Waals surface area contributed by atoms with E-state index in [0.717, 1.165) is 17.2 Å². The van der Waals surface area contributed by atoms with Gasteiger partial charge in [-0.25, -0.2) is 4.21 Å². The third kappa shape index (κ3) is 7.36. The molecule has 1 atom stereocenters. The van der Waals surface area contributed by atoms with Gasteiger partial charge in [-0.2, -0.15) is 0 Å². The van der Waals surface area contributed by atoms with E-state index in [1.54, 1.807) is 66.7 Å². The van der Waals surface area contributed by atoms with Crippen LogP contribution >= 0.6 is 0 Å². The number of nitrogens with one attached hydrogen (secondary N) is 2. The number of carboxylic acid groups (broad SMARTS) is 2. The first-order valence-electron chi connectivity index (χ1n) is 11.0. The van der Waals surface area contributed by atoms with Crippen molar-refractivity contribution in [3.05, 3.63) is 107 Å². The molecule has 0 heterocycles. The third-order valence-electron chi connectivity index (χ3n) is 5.45. The Balaban J connectivity index is 0.00000253. The summed E-state index contributed by atoms with van der Waals surface area (Å²) in [5.74, 6) is -3.17. The minimum absolute atomic E-state index is 0. The van der Waals surface area contributed by atoms with E-state index >= 15 is 0 Å². The summed E-state index contributed by atoms with van der Waals surface area (Å²) in [5.41, 5.74) is 1.94. The summed E-state index contributed by atoms with van der Waals surface area (Å²) in [4.78, 5) is 24.9. The molecule has 0 aromatic heterocycles. The van der Waals surface area contributed by atoms with Crippen LogP contribution in [-0.4, -0.2) is 16.1 Å². The second-order valence-electron chi connectivity index (χ2n) is 8.19. The topological polar surface area (TPSA) is 121 Å². The average molecular weight is 545 g/mol. The zero-order chi connectivity index (χ0) is 25.8. The van der Waals surface area contributed by atoms with Crippen molar-refractivity contribution < 1.29 is 83.1 Å². The van der Waals surface area contributed by atoms with Crippen LogP contribution in [0.25, 0.3) is 0 Å². The molecule has 0 spiro atoms. The van der Waals surface area contributed by atoms with Crippen molar-refractivity contribution >= 4 is 45.5 Å². The Morgan fingerprint density at radius 3 is 1.68 bits per heavy atom. The van der Waals surface area contributed by atoms with Crippen molar-refractivity contribution in [2.24, 2.45) is 0 Å². The van der Waals surface area contributed by atoms with E-state index < -0.39 is 28.3 Å². The van der Waals surface area contributed by atoms with E-state index in [-0.39, 0.29) is 80.9 Å². The molecule has 0 radical (unpaired) electrons. The SMILES string of the molecule is Cc1cccc(Nc2c(C(=O)[O-])cc(S(=O)c3ccccc3)c(C(=O)[O-])c2Nc2cccc(C)c2)c1.[Na+].[Na+]. The number of hydrogen-bond acceptors (Lipinski definition) is 7. The van der Waals surface area contributed by atoms with Gasteiger partial charge in [-0.15, -0.1) is 0 Å². The molecule has 38 heavy (non-hydrogen) atoms. The van der Waals surface area contributed by atoms with Gasteiger partial charge < -0.3 is 30.4 Å². The summed E-state index contributed by atoms with van der Waals surface area (Å²) < 4.78 is 13.5. The van der Waals surface area contributed by atoms with Crippen molar-refractivity contribution in [3.8, 4) is 0 Å². The Kier molecular flexibility index (Phi) is 11.8. The van der Waals surface area contributed by atoms with E-state index in [1.807, 2.05) is 26.0 Å². The summed E-state index contributed by atoms with van der Waals surface area (Å²) in [6, 6.07) is 23.5. The van der Waals surface area contributed by atoms with Crippen LogP contribution in [0.3, 0.4) is 0 Å². The number of carbonyl (C=O) groups is 2. The van der Waals surface area contributed by atoms with Gasteiger partial charge in [-0.3, -0.25) is 0 Å². The van der Waals surface area contributed by atoms with Crippen molar-refractivity contribution in [2.75, 3.05) is 10.6 Å². The third-order valence-corrected chi connectivity index (χ3v) is 6.87. The Morgan fingerprint density at radius 1 is 0.684 bits per heavy atom. The molecule has 4 rings (SSSR count). The number of hydrogen-bond donors (Lipinski definition) is 2. The zero-order valence-electron chi connectivity index (χ0n) is 21.5. The van der Waals surface area contributed by atoms with Gasteiger partial charge in [0.2, 0.25) is 0 Å². The summed E-state index contributed by atoms with van der Waals surface area (Å²) in [5, 5.41) is 30.8. The first-order chi connectivity index (χ1) is 17.2. The van der Waals surface area contributed by atoms with E-state index in [9.17, 15) is 24.0 Å². The van der Waals surface area contributed by atoms with Crippen LogP contribution in [0.5, 0.6) is 0 Å². The van der Waals surface area contributed by atoms with Gasteiger partial charge in [-0.1, -0.05) is 42.5 Å². The van der Waals surface area contributed by atoms with Gasteiger partial charge in [0.1, 0.15) is 0 Å². The number of aryl methyl sites for hydroxylation is 2. The number of carboxylic acids is 2. The van der Waals surface area contributed by atoms with Crippen LogP contribution in [0, 0.1) is 13.8 Å². The normalized spacial score (nSPS) is 10.9. The second kappa shape index (κ2) is 14.1. The molecule has 7 nitrogen and oxygen atoms in total. The Morgan fingerprint density at radius 2 is 1.21 bits per heavy atom. The molecule has 0 amide bonds. The minimum Gasteiger partial charge on any atom is -0.545 e. The molecule has 0 aliphatic rings. The predicted molar refractivity (Wildman–Crippen MR) is 135 cm³/mol. The molecule has 0 fully saturated rings. The second-order valence-corrected chi connectivity index (χ2v) is 9.64. The van der Waals surface area contributed by atoms with Crippen molar-refractivity contribution in [2.45, 2.75) is 23.6 Å². The Labute approximate surface area is 267 Å². The fourth-order valence-electron chi connectivity index (χ4n) is 3.83. The summed E-state index contributed by atoms with van der Waals surface area (Å²) in [6.45, 7) is 3.74. The molecule has 0 aliphatic heterocycles. The number of aromatic carboxylic acids is 2. The maximum Gasteiger partial charge on any atom is 1.00 e. The molecule has 182 valence electrons. The summed E-state index contributed by atoms with van der Waals surface area (Å²) in [6.07, 6.45) is 0. The monoisotopic (exact) mass is 544 g/mol. The van der Waals surface area contributed by atoms with Crippen LogP contribution in [0.4, 0.5) is 22.7 Å². The molecule has 4 aromatic carbocycles. The Bertz CT molecular complexity index is 1500. The molecule has 2 N–H and O–H groups in total. The number of benzene rings is 4. The van der Waals surface area contributed by atoms with Crippen LogP contribution in [-0.2, 0) is 10.8 Å². The number of rotatable bonds is 8. The fourth-order valence-corrected chi connectivity index (χ4v) is 5.08. The molecule has 0 saturated heterocycles. The number of carbonyl (C=O) groups excluding carboxylic acids is 2. The molecular weight excluding hydrogens is 522 g/mol. The van der Waals surface area contributed by atoms with Crippen LogP contribution in [0.1, 0.15) is 31.8 Å². The standard InChI is InChI=1S/C28H24N2O5S.2Na/c1-17-8-6-10-19(14-17)29-25-22(27(31)32)16-23(36(35)21-12-4-3-5-13-21)24(28(33)34)26(25)30-20-11-7-9-18(2)15-20;;/h3-16,29-30H,1-2H3,(H,31,32)(H,33,34);;/q;2*+1/p-2. The first kappa shape index (κ1) is 31.8. The summed E-state index contributed by atoms with van der Waals surface area (Å²) >= 11 is 0. The fraction of sp³-hybridized carbons (Fsp3) is 0.0714. The van der Waals surface area contributed by atoms with Crippen LogP contribution < -0.4 is 80.0 Å². The van der Waals surface area contributed by atoms with E-state index in [2.05, 4.69) is 10.6 Å². The molecule has 4 aromatic rings. The maximum atomic E-state index is 13.5. The van der Waals surface area contributed by atoms with Gasteiger partial charge >= 0.3 is 59.1 Å². The molecule has 0 bridgehead atoms. The van der Waals surface area contributed by atoms with Crippen molar-refractivity contribution in [3.63, 3.8) is 0 Å². The van der Waals surface area contributed by atoms with Gasteiger partial charge in [0, 0.05) is 27.4 Å². The number of anilines is 4. The van der Waals surface area contributed by atoms with E-state index in [0.29, 0.717) is 16.3 Å². The van der Waals surface area contributed by atoms with Gasteiger partial charge in [0.05, 0.1) is 39.0 Å². The van der Waals surface area contributed by atoms with E-state index in [1.165, 1.54) is 0 Å². The average Bonchev–Trinajstić information content (AvgIpc) is 2.84. The first-order valence-corrected chi connectivity index (χ1v) is 12.2. The molecular formula is C28H22N2Na2O5S. The Hall–Kier alpha value is -2.43. The van der Waals surface area contributed by atoms with Gasteiger partial charge in [0.15, 0.2) is 0 Å². The quantitative estimate of drug-likeness (QED) is 0.239. The van der Waals surface area contributed by atoms with E-state index in [4.69, 9.17) is 0 Å². The predicted octanol–water partition coefficient (Wildman–Crippen LogP) is -2.31. The van der Waals surface area contributed by atoms with Crippen LogP contribution in [0.15, 0.2) is 94.7 Å². The van der Waals surface area contributed by atoms with Crippen molar-refractivity contribution in [1.29, 1.82) is 0 Å². The smallest absolute Gasteiger partial charge is 0.545 e. The minimum atomic E-state index is -2.02. The summed E-state index contributed by atoms with van der Waals surface area (Å²) in [7, 11) is -2.02. The molecule has 10 heteroatoms. The van der Waals surface area contributed by atoms with Crippen LogP contribution in [0.2, 0.25) is 0 Å². The zero-order valence-corrected chi connectivity index (χ0v) is 26.3. The van der Waals surface area contributed by atoms with Gasteiger partial charge in [0.25, 0.3) is 0 Å². The molecule has 0 saturated carbocycles. The van der Waals surface area contributed by atoms with Crippen molar-refractivity contribution in [1.82, 2.24) is 0 Å².